The highest BCUT2D eigenvalue weighted by molar-refractivity contribution is 5.14. The van der Waals surface area contributed by atoms with Gasteiger partial charge in [0.15, 0.2) is 0 Å². The molecule has 0 aliphatic heterocycles. The molecule has 1 aromatic carbocycles. The molecule has 0 bridgehead atoms. The third-order valence-corrected chi connectivity index (χ3v) is 2.47. The molecule has 3 atom stereocenters. The monoisotopic (exact) mass is 206 g/mol. The van der Waals surface area contributed by atoms with E-state index in [1.807, 2.05) is 30.3 Å². The maximum atomic E-state index is 9.50. The highest BCUT2D eigenvalue weighted by atomic mass is 16.5. The van der Waals surface area contributed by atoms with Crippen molar-refractivity contribution in [2.24, 2.45) is 0 Å². The van der Waals surface area contributed by atoms with Gasteiger partial charge in [0.05, 0.1) is 6.61 Å². The lowest BCUT2D eigenvalue weighted by Gasteiger charge is -2.17. The molecule has 0 saturated carbocycles. The molecule has 3 nitrogen and oxygen atoms in total. The Hall–Kier alpha value is -1.16. The molecule has 80 valence electrons. The summed E-state index contributed by atoms with van der Waals surface area (Å²) in [5.74, 6) is 0. The predicted molar refractivity (Wildman–Crippen MR) is 56.2 cm³/mol. The normalized spacial score (nSPS) is 29.6. The van der Waals surface area contributed by atoms with E-state index in [1.165, 1.54) is 0 Å². The summed E-state index contributed by atoms with van der Waals surface area (Å²) in [5.41, 5.74) is 1.06. The van der Waals surface area contributed by atoms with Crippen LogP contribution in [0.2, 0.25) is 0 Å². The van der Waals surface area contributed by atoms with Crippen LogP contribution in [0.4, 0.5) is 0 Å². The quantitative estimate of drug-likeness (QED) is 0.721. The molecule has 0 heterocycles. The lowest BCUT2D eigenvalue weighted by atomic mass is 10.2. The summed E-state index contributed by atoms with van der Waals surface area (Å²) >= 11 is 0. The number of aliphatic hydroxyl groups excluding tert-OH is 2. The van der Waals surface area contributed by atoms with Crippen LogP contribution in [0.15, 0.2) is 42.5 Å². The minimum Gasteiger partial charge on any atom is -0.387 e. The molecule has 2 N–H and O–H groups in total. The topological polar surface area (TPSA) is 49.7 Å². The first kappa shape index (κ1) is 10.4. The Kier molecular flexibility index (Phi) is 3.16. The van der Waals surface area contributed by atoms with Crippen LogP contribution in [0.25, 0.3) is 0 Å². The molecule has 3 heteroatoms. The van der Waals surface area contributed by atoms with Gasteiger partial charge in [0.2, 0.25) is 0 Å². The Morgan fingerprint density at radius 1 is 1.07 bits per heavy atom. The maximum Gasteiger partial charge on any atom is 0.113 e. The fourth-order valence-corrected chi connectivity index (χ4v) is 1.57. The second-order valence-corrected chi connectivity index (χ2v) is 3.63. The molecule has 0 saturated heterocycles. The number of benzene rings is 1. The SMILES string of the molecule is O[C@@H]1[C@@H](OCc2ccccc2)C=C[C@@H]1O. The Balaban J connectivity index is 1.87. The van der Waals surface area contributed by atoms with E-state index in [4.69, 9.17) is 4.74 Å². The second-order valence-electron chi connectivity index (χ2n) is 3.63. The van der Waals surface area contributed by atoms with Gasteiger partial charge < -0.3 is 14.9 Å². The molecule has 1 aliphatic rings. The molecule has 2 rings (SSSR count). The Bertz CT molecular complexity index is 334. The summed E-state index contributed by atoms with van der Waals surface area (Å²) in [4.78, 5) is 0. The molecular weight excluding hydrogens is 192 g/mol. The number of aliphatic hydroxyl groups is 2. The van der Waals surface area contributed by atoms with E-state index in [0.717, 1.165) is 5.56 Å². The van der Waals surface area contributed by atoms with Crippen molar-refractivity contribution in [2.45, 2.75) is 24.9 Å². The van der Waals surface area contributed by atoms with Gasteiger partial charge in [-0.1, -0.05) is 42.5 Å². The van der Waals surface area contributed by atoms with Gasteiger partial charge in [0.1, 0.15) is 18.3 Å². The van der Waals surface area contributed by atoms with Crippen LogP contribution in [0, 0.1) is 0 Å². The predicted octanol–water partition coefficient (Wildman–Crippen LogP) is 0.863. The van der Waals surface area contributed by atoms with Gasteiger partial charge in [0.25, 0.3) is 0 Å². The largest absolute Gasteiger partial charge is 0.387 e. The van der Waals surface area contributed by atoms with Crippen LogP contribution in [0.3, 0.4) is 0 Å². The second kappa shape index (κ2) is 4.57. The Morgan fingerprint density at radius 3 is 2.40 bits per heavy atom. The van der Waals surface area contributed by atoms with E-state index >= 15 is 0 Å². The number of rotatable bonds is 3. The average Bonchev–Trinajstić information content (AvgIpc) is 2.59. The fourth-order valence-electron chi connectivity index (χ4n) is 1.57. The van der Waals surface area contributed by atoms with E-state index in [1.54, 1.807) is 12.2 Å². The van der Waals surface area contributed by atoms with Crippen molar-refractivity contribution in [1.29, 1.82) is 0 Å². The number of hydrogen-bond donors (Lipinski definition) is 2. The molecule has 15 heavy (non-hydrogen) atoms. The zero-order valence-electron chi connectivity index (χ0n) is 8.28. The summed E-state index contributed by atoms with van der Waals surface area (Å²) in [6.07, 6.45) is 1.21. The summed E-state index contributed by atoms with van der Waals surface area (Å²) < 4.78 is 5.47. The summed E-state index contributed by atoms with van der Waals surface area (Å²) in [5, 5.41) is 18.7. The van der Waals surface area contributed by atoms with Crippen molar-refractivity contribution in [3.63, 3.8) is 0 Å². The first-order valence-corrected chi connectivity index (χ1v) is 4.97. The molecule has 1 aliphatic carbocycles. The fraction of sp³-hybridized carbons (Fsp3) is 0.333. The van der Waals surface area contributed by atoms with Crippen LogP contribution in [-0.4, -0.2) is 28.5 Å². The van der Waals surface area contributed by atoms with Gasteiger partial charge in [-0.3, -0.25) is 0 Å². The zero-order valence-corrected chi connectivity index (χ0v) is 8.28. The van der Waals surface area contributed by atoms with Crippen LogP contribution >= 0.6 is 0 Å². The van der Waals surface area contributed by atoms with Gasteiger partial charge in [-0.2, -0.15) is 0 Å². The number of hydrogen-bond acceptors (Lipinski definition) is 3. The van der Waals surface area contributed by atoms with Crippen molar-refractivity contribution in [1.82, 2.24) is 0 Å². The summed E-state index contributed by atoms with van der Waals surface area (Å²) in [7, 11) is 0. The lowest BCUT2D eigenvalue weighted by molar-refractivity contribution is -0.0493. The minimum absolute atomic E-state index is 0.403. The molecule has 0 aromatic heterocycles. The standard InChI is InChI=1S/C12H14O3/c13-10-6-7-11(12(10)14)15-8-9-4-2-1-3-5-9/h1-7,10-14H,8H2/t10-,11-,12-/m0/s1. The van der Waals surface area contributed by atoms with Crippen LogP contribution in [0.1, 0.15) is 5.56 Å². The summed E-state index contributed by atoms with van der Waals surface area (Å²) in [6, 6.07) is 9.74. The highest BCUT2D eigenvalue weighted by Crippen LogP contribution is 2.16. The third-order valence-electron chi connectivity index (χ3n) is 2.47. The van der Waals surface area contributed by atoms with E-state index in [2.05, 4.69) is 0 Å². The highest BCUT2D eigenvalue weighted by Gasteiger charge is 2.28. The van der Waals surface area contributed by atoms with Gasteiger partial charge in [0, 0.05) is 0 Å². The Labute approximate surface area is 88.6 Å². The first-order chi connectivity index (χ1) is 7.27. The molecule has 0 unspecified atom stereocenters. The molecule has 0 spiro atoms. The van der Waals surface area contributed by atoms with Crippen molar-refractivity contribution in [2.75, 3.05) is 0 Å². The summed E-state index contributed by atoms with van der Waals surface area (Å²) in [6.45, 7) is 0.444. The van der Waals surface area contributed by atoms with E-state index in [9.17, 15) is 10.2 Å². The Morgan fingerprint density at radius 2 is 1.80 bits per heavy atom. The maximum absolute atomic E-state index is 9.50. The van der Waals surface area contributed by atoms with E-state index < -0.39 is 18.3 Å². The average molecular weight is 206 g/mol. The molecule has 0 amide bonds. The minimum atomic E-state index is -0.839. The van der Waals surface area contributed by atoms with Gasteiger partial charge in [-0.05, 0) is 5.56 Å². The lowest BCUT2D eigenvalue weighted by Crippen LogP contribution is -2.31. The zero-order chi connectivity index (χ0) is 10.7. The van der Waals surface area contributed by atoms with Crippen molar-refractivity contribution in [3.8, 4) is 0 Å². The van der Waals surface area contributed by atoms with Gasteiger partial charge in [-0.15, -0.1) is 0 Å². The molecule has 1 aromatic rings. The number of ether oxygens (including phenoxy) is 1. The van der Waals surface area contributed by atoms with Crippen molar-refractivity contribution < 1.29 is 14.9 Å². The van der Waals surface area contributed by atoms with Crippen molar-refractivity contribution in [3.05, 3.63) is 48.0 Å². The third kappa shape index (κ3) is 2.45. The van der Waals surface area contributed by atoms with Crippen LogP contribution < -0.4 is 0 Å². The molecular formula is C12H14O3. The van der Waals surface area contributed by atoms with E-state index in [-0.39, 0.29) is 0 Å². The van der Waals surface area contributed by atoms with Gasteiger partial charge in [-0.25, -0.2) is 0 Å². The van der Waals surface area contributed by atoms with E-state index in [0.29, 0.717) is 6.61 Å². The van der Waals surface area contributed by atoms with Crippen LogP contribution in [-0.2, 0) is 11.3 Å². The molecule has 0 fully saturated rings. The van der Waals surface area contributed by atoms with Crippen molar-refractivity contribution >= 4 is 0 Å². The first-order valence-electron chi connectivity index (χ1n) is 4.97. The smallest absolute Gasteiger partial charge is 0.113 e. The molecule has 0 radical (unpaired) electrons. The van der Waals surface area contributed by atoms with Gasteiger partial charge >= 0.3 is 0 Å². The van der Waals surface area contributed by atoms with Crippen LogP contribution in [0.5, 0.6) is 0 Å².